The summed E-state index contributed by atoms with van der Waals surface area (Å²) < 4.78 is 31.4. The fraction of sp³-hybridized carbons (Fsp3) is 0.273. The lowest BCUT2D eigenvalue weighted by Crippen LogP contribution is -2.24. The van der Waals surface area contributed by atoms with Crippen LogP contribution in [0.4, 0.5) is 5.69 Å². The van der Waals surface area contributed by atoms with E-state index in [1.807, 2.05) is 0 Å². The van der Waals surface area contributed by atoms with Gasteiger partial charge in [-0.15, -0.1) is 0 Å². The second-order valence-electron chi connectivity index (χ2n) is 4.08. The van der Waals surface area contributed by atoms with E-state index in [2.05, 4.69) is 14.9 Å². The molecule has 0 aliphatic heterocycles. The second kappa shape index (κ2) is 4.98. The van der Waals surface area contributed by atoms with E-state index < -0.39 is 10.0 Å². The van der Waals surface area contributed by atoms with E-state index in [4.69, 9.17) is 10.3 Å². The van der Waals surface area contributed by atoms with Gasteiger partial charge in [0.2, 0.25) is 15.9 Å². The lowest BCUT2D eigenvalue weighted by molar-refractivity contribution is 0.387. The van der Waals surface area contributed by atoms with Crippen LogP contribution < -0.4 is 10.5 Å². The minimum absolute atomic E-state index is 0.0243. The van der Waals surface area contributed by atoms with Crippen molar-refractivity contribution in [2.45, 2.75) is 25.3 Å². The molecule has 102 valence electrons. The number of benzene rings is 1. The van der Waals surface area contributed by atoms with Crippen molar-refractivity contribution in [1.29, 1.82) is 0 Å². The molecule has 0 spiro atoms. The van der Waals surface area contributed by atoms with E-state index in [1.165, 1.54) is 6.07 Å². The Morgan fingerprint density at radius 3 is 2.68 bits per heavy atom. The Morgan fingerprint density at radius 1 is 1.37 bits per heavy atom. The van der Waals surface area contributed by atoms with Gasteiger partial charge in [-0.25, -0.2) is 13.1 Å². The second-order valence-corrected chi connectivity index (χ2v) is 5.81. The van der Waals surface area contributed by atoms with Gasteiger partial charge in [0, 0.05) is 12.6 Å². The maximum absolute atomic E-state index is 12.1. The van der Waals surface area contributed by atoms with Crippen molar-refractivity contribution in [3.05, 3.63) is 35.5 Å². The molecule has 0 bridgehead atoms. The van der Waals surface area contributed by atoms with Crippen molar-refractivity contribution in [1.82, 2.24) is 14.9 Å². The molecule has 0 aliphatic carbocycles. The van der Waals surface area contributed by atoms with Gasteiger partial charge in [0.15, 0.2) is 5.82 Å². The molecule has 2 rings (SSSR count). The number of nitrogens with one attached hydrogen (secondary N) is 1. The third-order valence-electron chi connectivity index (χ3n) is 2.48. The Labute approximate surface area is 110 Å². The number of nitrogens with zero attached hydrogens (tertiary/aromatic N) is 2. The van der Waals surface area contributed by atoms with Gasteiger partial charge in [0.05, 0.1) is 11.4 Å². The number of nitrogens with two attached hydrogens (primary N) is 1. The van der Waals surface area contributed by atoms with Crippen molar-refractivity contribution < 1.29 is 12.9 Å². The average Bonchev–Trinajstić information content (AvgIpc) is 2.72. The van der Waals surface area contributed by atoms with E-state index >= 15 is 0 Å². The smallest absolute Gasteiger partial charge is 0.241 e. The summed E-state index contributed by atoms with van der Waals surface area (Å²) in [6.45, 7) is 3.29. The third kappa shape index (κ3) is 3.09. The van der Waals surface area contributed by atoms with Gasteiger partial charge in [-0.05, 0) is 30.7 Å². The van der Waals surface area contributed by atoms with Gasteiger partial charge < -0.3 is 10.3 Å². The zero-order valence-corrected chi connectivity index (χ0v) is 11.4. The van der Waals surface area contributed by atoms with Gasteiger partial charge >= 0.3 is 0 Å². The standard InChI is InChI=1S/C11H14N4O3S/c1-7-5-9(12)3-4-10(7)19(16,17)13-6-11-14-8(2)18-15-11/h3-5,13H,6,12H2,1-2H3. The van der Waals surface area contributed by atoms with Crippen LogP contribution in [0.1, 0.15) is 17.3 Å². The van der Waals surface area contributed by atoms with Crippen LogP contribution in [-0.2, 0) is 16.6 Å². The highest BCUT2D eigenvalue weighted by Crippen LogP contribution is 2.17. The number of aryl methyl sites for hydroxylation is 2. The van der Waals surface area contributed by atoms with Gasteiger partial charge in [0.1, 0.15) is 0 Å². The predicted molar refractivity (Wildman–Crippen MR) is 68.7 cm³/mol. The molecule has 0 fully saturated rings. The number of nitrogen functional groups attached to an aromatic ring is 1. The number of sulfonamides is 1. The summed E-state index contributed by atoms with van der Waals surface area (Å²) in [6.07, 6.45) is 0. The monoisotopic (exact) mass is 282 g/mol. The van der Waals surface area contributed by atoms with Crippen LogP contribution in [-0.4, -0.2) is 18.6 Å². The summed E-state index contributed by atoms with van der Waals surface area (Å²) in [4.78, 5) is 4.10. The summed E-state index contributed by atoms with van der Waals surface area (Å²) in [5.41, 5.74) is 6.69. The van der Waals surface area contributed by atoms with Crippen molar-refractivity contribution >= 4 is 15.7 Å². The predicted octanol–water partition coefficient (Wildman–Crippen LogP) is 0.747. The van der Waals surface area contributed by atoms with Crippen LogP contribution in [0.15, 0.2) is 27.6 Å². The molecule has 8 heteroatoms. The van der Waals surface area contributed by atoms with Crippen LogP contribution in [0.3, 0.4) is 0 Å². The van der Waals surface area contributed by atoms with Gasteiger partial charge in [-0.2, -0.15) is 4.98 Å². The van der Waals surface area contributed by atoms with Crippen LogP contribution in [0, 0.1) is 13.8 Å². The first kappa shape index (κ1) is 13.5. The SMILES string of the molecule is Cc1nc(CNS(=O)(=O)c2ccc(N)cc2C)no1. The number of aromatic nitrogens is 2. The highest BCUT2D eigenvalue weighted by Gasteiger charge is 2.17. The van der Waals surface area contributed by atoms with Crippen LogP contribution in [0.5, 0.6) is 0 Å². The summed E-state index contributed by atoms with van der Waals surface area (Å²) in [5, 5.41) is 3.62. The Kier molecular flexibility index (Phi) is 3.54. The molecular formula is C11H14N4O3S. The lowest BCUT2D eigenvalue weighted by Gasteiger charge is -2.08. The van der Waals surface area contributed by atoms with Gasteiger partial charge in [-0.1, -0.05) is 5.16 Å². The van der Waals surface area contributed by atoms with Crippen molar-refractivity contribution in [3.63, 3.8) is 0 Å². The summed E-state index contributed by atoms with van der Waals surface area (Å²) in [7, 11) is -3.62. The van der Waals surface area contributed by atoms with Gasteiger partial charge in [0.25, 0.3) is 0 Å². The first-order valence-corrected chi connectivity index (χ1v) is 7.02. The number of anilines is 1. The molecule has 7 nitrogen and oxygen atoms in total. The number of rotatable bonds is 4. The lowest BCUT2D eigenvalue weighted by atomic mass is 10.2. The maximum atomic E-state index is 12.1. The van der Waals surface area contributed by atoms with E-state index in [9.17, 15) is 8.42 Å². The highest BCUT2D eigenvalue weighted by atomic mass is 32.2. The zero-order chi connectivity index (χ0) is 14.0. The number of hydrogen-bond donors (Lipinski definition) is 2. The van der Waals surface area contributed by atoms with E-state index in [0.29, 0.717) is 17.1 Å². The largest absolute Gasteiger partial charge is 0.399 e. The van der Waals surface area contributed by atoms with Crippen molar-refractivity contribution in [2.24, 2.45) is 0 Å². The minimum Gasteiger partial charge on any atom is -0.399 e. The van der Waals surface area contributed by atoms with E-state index in [1.54, 1.807) is 26.0 Å². The Balaban J connectivity index is 2.18. The molecule has 0 aliphatic rings. The minimum atomic E-state index is -3.62. The molecule has 0 atom stereocenters. The fourth-order valence-electron chi connectivity index (χ4n) is 1.62. The molecule has 0 radical (unpaired) electrons. The third-order valence-corrected chi connectivity index (χ3v) is 4.04. The molecule has 0 amide bonds. The molecule has 0 saturated carbocycles. The highest BCUT2D eigenvalue weighted by molar-refractivity contribution is 7.89. The molecule has 1 aromatic heterocycles. The summed E-state index contributed by atoms with van der Waals surface area (Å²) in [5.74, 6) is 0.673. The molecule has 3 N–H and O–H groups in total. The fourth-order valence-corrected chi connectivity index (χ4v) is 2.83. The first-order valence-electron chi connectivity index (χ1n) is 5.53. The number of hydrogen-bond acceptors (Lipinski definition) is 6. The zero-order valence-electron chi connectivity index (χ0n) is 10.5. The van der Waals surface area contributed by atoms with Crippen molar-refractivity contribution in [2.75, 3.05) is 5.73 Å². The molecule has 1 aromatic carbocycles. The van der Waals surface area contributed by atoms with E-state index in [0.717, 1.165) is 0 Å². The molecule has 2 aromatic rings. The molecule has 0 saturated heterocycles. The quantitative estimate of drug-likeness (QED) is 0.800. The average molecular weight is 282 g/mol. The van der Waals surface area contributed by atoms with Crippen LogP contribution >= 0.6 is 0 Å². The normalized spacial score (nSPS) is 11.7. The van der Waals surface area contributed by atoms with Crippen LogP contribution in [0.2, 0.25) is 0 Å². The summed E-state index contributed by atoms with van der Waals surface area (Å²) in [6, 6.07) is 4.61. The summed E-state index contributed by atoms with van der Waals surface area (Å²) >= 11 is 0. The van der Waals surface area contributed by atoms with Crippen molar-refractivity contribution in [3.8, 4) is 0 Å². The maximum Gasteiger partial charge on any atom is 0.241 e. The molecule has 1 heterocycles. The molecule has 19 heavy (non-hydrogen) atoms. The van der Waals surface area contributed by atoms with Crippen LogP contribution in [0.25, 0.3) is 0 Å². The molecular weight excluding hydrogens is 268 g/mol. The topological polar surface area (TPSA) is 111 Å². The molecule has 0 unspecified atom stereocenters. The van der Waals surface area contributed by atoms with E-state index in [-0.39, 0.29) is 17.3 Å². The Morgan fingerprint density at radius 2 is 2.11 bits per heavy atom. The Hall–Kier alpha value is -1.93. The first-order chi connectivity index (χ1) is 8.88. The Bertz CT molecular complexity index is 694. The van der Waals surface area contributed by atoms with Gasteiger partial charge in [-0.3, -0.25) is 0 Å².